The first kappa shape index (κ1) is 17.9. The zero-order valence-corrected chi connectivity index (χ0v) is 15.5. The summed E-state index contributed by atoms with van der Waals surface area (Å²) < 4.78 is 5.35. The predicted octanol–water partition coefficient (Wildman–Crippen LogP) is 2.34. The van der Waals surface area contributed by atoms with Crippen molar-refractivity contribution in [3.8, 4) is 0 Å². The number of carbonyl (C=O) groups is 2. The van der Waals surface area contributed by atoms with E-state index in [2.05, 4.69) is 0 Å². The van der Waals surface area contributed by atoms with Crippen LogP contribution < -0.4 is 0 Å². The van der Waals surface area contributed by atoms with Crippen LogP contribution in [-0.2, 0) is 9.53 Å². The first-order chi connectivity index (χ1) is 12.0. The lowest BCUT2D eigenvalue weighted by Gasteiger charge is -2.41. The molecule has 2 amide bonds. The van der Waals surface area contributed by atoms with Crippen LogP contribution in [0, 0.1) is 18.3 Å². The van der Waals surface area contributed by atoms with Crippen molar-refractivity contribution in [2.75, 3.05) is 39.9 Å². The number of nitrogens with zero attached hydrogens (tertiary/aromatic N) is 2. The van der Waals surface area contributed by atoms with Gasteiger partial charge in [0.25, 0.3) is 5.91 Å². The molecular weight excluding hydrogens is 316 g/mol. The molecule has 1 aromatic carbocycles. The first-order valence-electron chi connectivity index (χ1n) is 9.14. The van der Waals surface area contributed by atoms with Gasteiger partial charge >= 0.3 is 0 Å². The van der Waals surface area contributed by atoms with Crippen LogP contribution in [0.25, 0.3) is 0 Å². The molecule has 0 aromatic heterocycles. The topological polar surface area (TPSA) is 49.9 Å². The van der Waals surface area contributed by atoms with Gasteiger partial charge in [0.15, 0.2) is 0 Å². The standard InChI is InChI=1S/C20H28N2O3/c1-4-21-14-20(17(13-25-3)19(21)24)8-10-22(11-9-20)18(23)16-7-5-6-15(2)12-16/h5-7,12,17H,4,8-11,13-14H2,1-3H3/t17-/m0/s1. The molecular formula is C20H28N2O3. The molecule has 0 saturated carbocycles. The molecule has 5 nitrogen and oxygen atoms in total. The van der Waals surface area contributed by atoms with Gasteiger partial charge in [-0.05, 0) is 38.8 Å². The molecule has 0 unspecified atom stereocenters. The third kappa shape index (κ3) is 3.30. The fourth-order valence-electron chi connectivity index (χ4n) is 4.36. The van der Waals surface area contributed by atoms with E-state index in [0.717, 1.165) is 37.1 Å². The number of ether oxygens (including phenoxy) is 1. The summed E-state index contributed by atoms with van der Waals surface area (Å²) in [5, 5.41) is 0. The van der Waals surface area contributed by atoms with E-state index in [1.807, 2.05) is 47.9 Å². The van der Waals surface area contributed by atoms with Crippen LogP contribution in [0.15, 0.2) is 24.3 Å². The fraction of sp³-hybridized carbons (Fsp3) is 0.600. The minimum atomic E-state index is -0.0753. The van der Waals surface area contributed by atoms with E-state index < -0.39 is 0 Å². The summed E-state index contributed by atoms with van der Waals surface area (Å²) in [6, 6.07) is 7.75. The van der Waals surface area contributed by atoms with Gasteiger partial charge in [-0.2, -0.15) is 0 Å². The third-order valence-corrected chi connectivity index (χ3v) is 5.88. The van der Waals surface area contributed by atoms with Crippen molar-refractivity contribution in [2.45, 2.75) is 26.7 Å². The number of piperidine rings is 1. The third-order valence-electron chi connectivity index (χ3n) is 5.88. The molecule has 136 valence electrons. The molecule has 5 heteroatoms. The highest BCUT2D eigenvalue weighted by molar-refractivity contribution is 5.94. The Morgan fingerprint density at radius 2 is 2.04 bits per heavy atom. The Morgan fingerprint density at radius 3 is 2.64 bits per heavy atom. The summed E-state index contributed by atoms with van der Waals surface area (Å²) in [4.78, 5) is 29.3. The lowest BCUT2D eigenvalue weighted by molar-refractivity contribution is -0.133. The van der Waals surface area contributed by atoms with E-state index in [1.165, 1.54) is 0 Å². The largest absolute Gasteiger partial charge is 0.384 e. The van der Waals surface area contributed by atoms with E-state index in [0.29, 0.717) is 19.7 Å². The second kappa shape index (κ2) is 7.16. The number of rotatable bonds is 4. The van der Waals surface area contributed by atoms with Crippen LogP contribution in [0.1, 0.15) is 35.7 Å². The lowest BCUT2D eigenvalue weighted by atomic mass is 9.71. The molecule has 2 saturated heterocycles. The molecule has 2 heterocycles. The van der Waals surface area contributed by atoms with E-state index in [4.69, 9.17) is 4.74 Å². The van der Waals surface area contributed by atoms with Crippen LogP contribution in [0.3, 0.4) is 0 Å². The number of hydrogen-bond donors (Lipinski definition) is 0. The summed E-state index contributed by atoms with van der Waals surface area (Å²) in [5.41, 5.74) is 1.80. The highest BCUT2D eigenvalue weighted by Gasteiger charge is 2.52. The van der Waals surface area contributed by atoms with E-state index in [9.17, 15) is 9.59 Å². The minimum absolute atomic E-state index is 0.0491. The number of amides is 2. The van der Waals surface area contributed by atoms with Gasteiger partial charge in [-0.25, -0.2) is 0 Å². The van der Waals surface area contributed by atoms with Crippen LogP contribution in [-0.4, -0.2) is 61.5 Å². The van der Waals surface area contributed by atoms with Crippen molar-refractivity contribution >= 4 is 11.8 Å². The number of benzene rings is 1. The highest BCUT2D eigenvalue weighted by atomic mass is 16.5. The van der Waals surface area contributed by atoms with Crippen molar-refractivity contribution in [1.29, 1.82) is 0 Å². The lowest BCUT2D eigenvalue weighted by Crippen LogP contribution is -2.47. The van der Waals surface area contributed by atoms with Crippen LogP contribution in [0.4, 0.5) is 0 Å². The van der Waals surface area contributed by atoms with E-state index in [-0.39, 0.29) is 23.1 Å². The summed E-state index contributed by atoms with van der Waals surface area (Å²) in [5.74, 6) is 0.231. The Labute approximate surface area is 149 Å². The number of likely N-dealkylation sites (tertiary alicyclic amines) is 2. The molecule has 1 aromatic rings. The van der Waals surface area contributed by atoms with E-state index >= 15 is 0 Å². The summed E-state index contributed by atoms with van der Waals surface area (Å²) in [6.45, 7) is 7.45. The van der Waals surface area contributed by atoms with Crippen molar-refractivity contribution in [3.05, 3.63) is 35.4 Å². The van der Waals surface area contributed by atoms with Crippen molar-refractivity contribution in [2.24, 2.45) is 11.3 Å². The normalized spacial score (nSPS) is 22.7. The van der Waals surface area contributed by atoms with Gasteiger partial charge in [-0.1, -0.05) is 17.7 Å². The molecule has 0 N–H and O–H groups in total. The smallest absolute Gasteiger partial charge is 0.253 e. The molecule has 2 aliphatic heterocycles. The number of methoxy groups -OCH3 is 1. The first-order valence-corrected chi connectivity index (χ1v) is 9.14. The summed E-state index contributed by atoms with van der Waals surface area (Å²) >= 11 is 0. The molecule has 0 radical (unpaired) electrons. The average molecular weight is 344 g/mol. The molecule has 1 atom stereocenters. The second-order valence-electron chi connectivity index (χ2n) is 7.38. The maximum atomic E-state index is 12.8. The second-order valence-corrected chi connectivity index (χ2v) is 7.38. The number of carbonyl (C=O) groups excluding carboxylic acids is 2. The van der Waals surface area contributed by atoms with Gasteiger partial charge < -0.3 is 14.5 Å². The quantitative estimate of drug-likeness (QED) is 0.842. The molecule has 1 spiro atoms. The Bertz CT molecular complexity index is 650. The van der Waals surface area contributed by atoms with Gasteiger partial charge in [-0.15, -0.1) is 0 Å². The highest BCUT2D eigenvalue weighted by Crippen LogP contribution is 2.45. The maximum absolute atomic E-state index is 12.8. The average Bonchev–Trinajstić information content (AvgIpc) is 2.88. The Morgan fingerprint density at radius 1 is 1.32 bits per heavy atom. The number of aryl methyl sites for hydroxylation is 1. The van der Waals surface area contributed by atoms with Gasteiger partial charge in [0.1, 0.15) is 0 Å². The van der Waals surface area contributed by atoms with Crippen LogP contribution in [0.5, 0.6) is 0 Å². The van der Waals surface area contributed by atoms with Gasteiger partial charge in [-0.3, -0.25) is 9.59 Å². The van der Waals surface area contributed by atoms with Gasteiger partial charge in [0, 0.05) is 44.3 Å². The monoisotopic (exact) mass is 344 g/mol. The predicted molar refractivity (Wildman–Crippen MR) is 96.4 cm³/mol. The minimum Gasteiger partial charge on any atom is -0.384 e. The molecule has 0 aliphatic carbocycles. The molecule has 2 fully saturated rings. The Kier molecular flexibility index (Phi) is 5.13. The zero-order valence-electron chi connectivity index (χ0n) is 15.5. The summed E-state index contributed by atoms with van der Waals surface area (Å²) in [6.07, 6.45) is 1.72. The molecule has 0 bridgehead atoms. The molecule has 25 heavy (non-hydrogen) atoms. The van der Waals surface area contributed by atoms with Crippen molar-refractivity contribution in [1.82, 2.24) is 9.80 Å². The Balaban J connectivity index is 1.72. The van der Waals surface area contributed by atoms with Gasteiger partial charge in [0.2, 0.25) is 5.91 Å². The zero-order chi connectivity index (χ0) is 18.0. The number of hydrogen-bond acceptors (Lipinski definition) is 3. The molecule has 2 aliphatic rings. The van der Waals surface area contributed by atoms with E-state index in [1.54, 1.807) is 7.11 Å². The fourth-order valence-corrected chi connectivity index (χ4v) is 4.36. The van der Waals surface area contributed by atoms with Crippen LogP contribution in [0.2, 0.25) is 0 Å². The van der Waals surface area contributed by atoms with Crippen molar-refractivity contribution < 1.29 is 14.3 Å². The SMILES string of the molecule is CCN1CC2(CCN(C(=O)c3cccc(C)c3)CC2)[C@@H](COC)C1=O. The van der Waals surface area contributed by atoms with Gasteiger partial charge in [0.05, 0.1) is 12.5 Å². The maximum Gasteiger partial charge on any atom is 0.253 e. The van der Waals surface area contributed by atoms with Crippen molar-refractivity contribution in [3.63, 3.8) is 0 Å². The Hall–Kier alpha value is -1.88. The van der Waals surface area contributed by atoms with Crippen LogP contribution >= 0.6 is 0 Å². The summed E-state index contributed by atoms with van der Waals surface area (Å²) in [7, 11) is 1.66. The molecule has 3 rings (SSSR count).